The lowest BCUT2D eigenvalue weighted by atomic mass is 10.1. The average molecular weight is 207 g/mol. The molecule has 0 aromatic heterocycles. The maximum atomic E-state index is 5.76. The highest BCUT2D eigenvalue weighted by molar-refractivity contribution is 5.24. The van der Waals surface area contributed by atoms with E-state index in [1.807, 2.05) is 58.0 Å². The van der Waals surface area contributed by atoms with Crippen LogP contribution in [0.25, 0.3) is 0 Å². The molecule has 15 heavy (non-hydrogen) atoms. The molecule has 1 aromatic rings. The minimum Gasteiger partial charge on any atom is -0.385 e. The molecule has 0 saturated carbocycles. The van der Waals surface area contributed by atoms with Crippen LogP contribution < -0.4 is 0 Å². The summed E-state index contributed by atoms with van der Waals surface area (Å²) in [5.41, 5.74) is 0.745. The summed E-state index contributed by atoms with van der Waals surface area (Å²) in [5.74, 6) is 0. The van der Waals surface area contributed by atoms with Crippen molar-refractivity contribution in [2.75, 3.05) is 6.61 Å². The zero-order valence-electron chi connectivity index (χ0n) is 9.91. The van der Waals surface area contributed by atoms with Gasteiger partial charge in [0.25, 0.3) is 0 Å². The Morgan fingerprint density at radius 1 is 1.13 bits per heavy atom. The standard InChI is InChI=1S/C13H19O2/c1-5-14-12(15-13(2,3)4)11-9-7-6-8-10-11/h6-10H,5H2,1-4H3/q-1. The highest BCUT2D eigenvalue weighted by Crippen LogP contribution is 2.23. The van der Waals surface area contributed by atoms with Gasteiger partial charge in [-0.3, -0.25) is 0 Å². The van der Waals surface area contributed by atoms with Crippen molar-refractivity contribution in [3.05, 3.63) is 42.2 Å². The SMILES string of the molecule is CCO[C-](OC(C)(C)C)c1ccccc1. The predicted octanol–water partition coefficient (Wildman–Crippen LogP) is 3.38. The second-order valence-corrected chi connectivity index (χ2v) is 4.30. The normalized spacial score (nSPS) is 11.5. The number of rotatable bonds is 4. The predicted molar refractivity (Wildman–Crippen MR) is 61.3 cm³/mol. The molecule has 0 atom stereocenters. The molecule has 1 rings (SSSR count). The van der Waals surface area contributed by atoms with Crippen molar-refractivity contribution in [1.29, 1.82) is 0 Å². The fourth-order valence-corrected chi connectivity index (χ4v) is 1.16. The van der Waals surface area contributed by atoms with E-state index in [1.54, 1.807) is 0 Å². The molecule has 84 valence electrons. The third-order valence-corrected chi connectivity index (χ3v) is 1.68. The highest BCUT2D eigenvalue weighted by Gasteiger charge is 2.15. The van der Waals surface area contributed by atoms with Crippen molar-refractivity contribution in [2.45, 2.75) is 33.3 Å². The summed E-state index contributed by atoms with van der Waals surface area (Å²) >= 11 is 0. The molecule has 0 saturated heterocycles. The quantitative estimate of drug-likeness (QED) is 0.705. The molecular weight excluding hydrogens is 188 g/mol. The van der Waals surface area contributed by atoms with Crippen molar-refractivity contribution in [3.8, 4) is 0 Å². The zero-order chi connectivity index (χ0) is 11.3. The summed E-state index contributed by atoms with van der Waals surface area (Å²) in [6, 6.07) is 9.89. The highest BCUT2D eigenvalue weighted by atomic mass is 16.7. The van der Waals surface area contributed by atoms with Crippen molar-refractivity contribution in [3.63, 3.8) is 0 Å². The van der Waals surface area contributed by atoms with E-state index in [9.17, 15) is 0 Å². The molecule has 2 heteroatoms. The molecule has 0 fully saturated rings. The Morgan fingerprint density at radius 2 is 1.73 bits per heavy atom. The molecule has 0 unspecified atom stereocenters. The van der Waals surface area contributed by atoms with Crippen molar-refractivity contribution < 1.29 is 9.47 Å². The van der Waals surface area contributed by atoms with Gasteiger partial charge in [-0.1, -0.05) is 6.07 Å². The third kappa shape index (κ3) is 4.36. The summed E-state index contributed by atoms with van der Waals surface area (Å²) < 4.78 is 11.3. The lowest BCUT2D eigenvalue weighted by Gasteiger charge is -2.32. The maximum absolute atomic E-state index is 5.76. The van der Waals surface area contributed by atoms with E-state index in [-0.39, 0.29) is 5.60 Å². The Hall–Kier alpha value is -0.990. The van der Waals surface area contributed by atoms with Crippen LogP contribution in [0, 0.1) is 6.29 Å². The number of hydrogen-bond acceptors (Lipinski definition) is 2. The first-order chi connectivity index (χ1) is 7.03. The topological polar surface area (TPSA) is 18.5 Å². The van der Waals surface area contributed by atoms with Crippen LogP contribution in [-0.2, 0) is 9.47 Å². The lowest BCUT2D eigenvalue weighted by molar-refractivity contribution is -0.0918. The van der Waals surface area contributed by atoms with Gasteiger partial charge in [0.1, 0.15) is 0 Å². The van der Waals surface area contributed by atoms with Crippen LogP contribution in [0.1, 0.15) is 33.3 Å². The van der Waals surface area contributed by atoms with Gasteiger partial charge in [-0.05, 0) is 27.7 Å². The molecule has 2 nitrogen and oxygen atoms in total. The summed E-state index contributed by atoms with van der Waals surface area (Å²) in [4.78, 5) is 0. The number of benzene rings is 1. The van der Waals surface area contributed by atoms with Crippen molar-refractivity contribution in [1.82, 2.24) is 0 Å². The monoisotopic (exact) mass is 207 g/mol. The van der Waals surface area contributed by atoms with Crippen LogP contribution in [0.2, 0.25) is 0 Å². The second-order valence-electron chi connectivity index (χ2n) is 4.30. The van der Waals surface area contributed by atoms with E-state index < -0.39 is 0 Å². The summed E-state index contributed by atoms with van der Waals surface area (Å²) in [5, 5.41) is 0. The molecule has 0 spiro atoms. The van der Waals surface area contributed by atoms with Crippen LogP contribution in [0.15, 0.2) is 30.3 Å². The van der Waals surface area contributed by atoms with E-state index in [4.69, 9.17) is 9.47 Å². The molecule has 0 N–H and O–H groups in total. The zero-order valence-corrected chi connectivity index (χ0v) is 9.91. The Bertz CT molecular complexity index is 274. The smallest absolute Gasteiger partial charge is 0.0738 e. The number of hydrogen-bond donors (Lipinski definition) is 0. The van der Waals surface area contributed by atoms with Gasteiger partial charge >= 0.3 is 0 Å². The van der Waals surface area contributed by atoms with Gasteiger partial charge < -0.3 is 9.47 Å². The summed E-state index contributed by atoms with van der Waals surface area (Å²) in [6.45, 7) is 8.59. The minimum atomic E-state index is -0.236. The Morgan fingerprint density at radius 3 is 2.20 bits per heavy atom. The third-order valence-electron chi connectivity index (χ3n) is 1.68. The van der Waals surface area contributed by atoms with Crippen LogP contribution >= 0.6 is 0 Å². The molecule has 0 aliphatic heterocycles. The largest absolute Gasteiger partial charge is 0.385 e. The summed E-state index contributed by atoms with van der Waals surface area (Å²) in [6.07, 6.45) is 0.602. The van der Waals surface area contributed by atoms with E-state index >= 15 is 0 Å². The first-order valence-electron chi connectivity index (χ1n) is 5.27. The van der Waals surface area contributed by atoms with Crippen LogP contribution in [0.3, 0.4) is 0 Å². The van der Waals surface area contributed by atoms with Gasteiger partial charge in [0.15, 0.2) is 0 Å². The second kappa shape index (κ2) is 5.19. The average Bonchev–Trinajstić information content (AvgIpc) is 2.17. The fourth-order valence-electron chi connectivity index (χ4n) is 1.16. The van der Waals surface area contributed by atoms with Crippen LogP contribution in [0.5, 0.6) is 0 Å². The molecule has 0 heterocycles. The van der Waals surface area contributed by atoms with Gasteiger partial charge in [0, 0.05) is 6.61 Å². The van der Waals surface area contributed by atoms with Gasteiger partial charge in [-0.15, -0.1) is 17.7 Å². The molecule has 1 aromatic carbocycles. The maximum Gasteiger partial charge on any atom is 0.0738 e. The van der Waals surface area contributed by atoms with Gasteiger partial charge in [-0.2, -0.15) is 12.1 Å². The van der Waals surface area contributed by atoms with E-state index in [0.717, 1.165) is 5.56 Å². The van der Waals surface area contributed by atoms with E-state index in [1.165, 1.54) is 0 Å². The van der Waals surface area contributed by atoms with Crippen LogP contribution in [-0.4, -0.2) is 12.2 Å². The molecule has 0 amide bonds. The van der Waals surface area contributed by atoms with Crippen molar-refractivity contribution in [2.24, 2.45) is 0 Å². The van der Waals surface area contributed by atoms with E-state index in [2.05, 4.69) is 0 Å². The first kappa shape index (κ1) is 12.1. The van der Waals surface area contributed by atoms with Gasteiger partial charge in [0.05, 0.1) is 11.9 Å². The molecule has 0 radical (unpaired) electrons. The molecule has 0 aliphatic rings. The van der Waals surface area contributed by atoms with E-state index in [0.29, 0.717) is 12.9 Å². The minimum absolute atomic E-state index is 0.236. The van der Waals surface area contributed by atoms with Gasteiger partial charge in [0.2, 0.25) is 0 Å². The Balaban J connectivity index is 2.75. The number of ether oxygens (including phenoxy) is 2. The Labute approximate surface area is 92.2 Å². The molecule has 0 aliphatic carbocycles. The molecule has 0 bridgehead atoms. The van der Waals surface area contributed by atoms with Crippen LogP contribution in [0.4, 0.5) is 0 Å². The van der Waals surface area contributed by atoms with Gasteiger partial charge in [-0.25, -0.2) is 0 Å². The van der Waals surface area contributed by atoms with Crippen molar-refractivity contribution >= 4 is 0 Å². The fraction of sp³-hybridized carbons (Fsp3) is 0.462. The molecular formula is C13H19O2-. The summed E-state index contributed by atoms with van der Waals surface area (Å²) in [7, 11) is 0. The Kier molecular flexibility index (Phi) is 4.18. The lowest BCUT2D eigenvalue weighted by Crippen LogP contribution is -2.24. The first-order valence-corrected chi connectivity index (χ1v) is 5.27.